The topological polar surface area (TPSA) is 38.3 Å². The summed E-state index contributed by atoms with van der Waals surface area (Å²) in [6.07, 6.45) is 0.475. The lowest BCUT2D eigenvalue weighted by atomic mass is 9.97. The Morgan fingerprint density at radius 3 is 2.81 bits per heavy atom. The van der Waals surface area contributed by atoms with E-state index in [4.69, 9.17) is 4.74 Å². The highest BCUT2D eigenvalue weighted by Crippen LogP contribution is 2.35. The monoisotopic (exact) mass is 281 g/mol. The first kappa shape index (κ1) is 13.7. The molecule has 21 heavy (non-hydrogen) atoms. The average Bonchev–Trinajstić information content (AvgIpc) is 2.90. The van der Waals surface area contributed by atoms with Gasteiger partial charge in [0.05, 0.1) is 6.61 Å². The first-order chi connectivity index (χ1) is 10.2. The number of benzene rings is 2. The van der Waals surface area contributed by atoms with Gasteiger partial charge in [-0.1, -0.05) is 42.5 Å². The Balaban J connectivity index is 1.57. The van der Waals surface area contributed by atoms with E-state index in [1.54, 1.807) is 0 Å². The number of aryl methyl sites for hydroxylation is 1. The molecule has 108 valence electrons. The van der Waals surface area contributed by atoms with Gasteiger partial charge in [-0.05, 0) is 24.1 Å². The first-order valence-corrected chi connectivity index (χ1v) is 7.27. The SMILES string of the molecule is Cc1ccccc1CNC(=O)CC1COc2ccccc21. The lowest BCUT2D eigenvalue weighted by Gasteiger charge is -2.11. The van der Waals surface area contributed by atoms with Crippen molar-refractivity contribution in [2.75, 3.05) is 6.61 Å². The summed E-state index contributed by atoms with van der Waals surface area (Å²) in [4.78, 5) is 12.1. The van der Waals surface area contributed by atoms with Gasteiger partial charge in [-0.3, -0.25) is 4.79 Å². The summed E-state index contributed by atoms with van der Waals surface area (Å²) >= 11 is 0. The average molecular weight is 281 g/mol. The molecule has 2 aromatic rings. The van der Waals surface area contributed by atoms with Crippen LogP contribution < -0.4 is 10.1 Å². The highest BCUT2D eigenvalue weighted by atomic mass is 16.5. The molecule has 2 aromatic carbocycles. The van der Waals surface area contributed by atoms with Gasteiger partial charge in [0.25, 0.3) is 0 Å². The molecule has 0 aliphatic carbocycles. The van der Waals surface area contributed by atoms with Crippen LogP contribution in [0.1, 0.15) is 29.0 Å². The van der Waals surface area contributed by atoms with Crippen LogP contribution >= 0.6 is 0 Å². The highest BCUT2D eigenvalue weighted by molar-refractivity contribution is 5.77. The van der Waals surface area contributed by atoms with Crippen molar-refractivity contribution in [1.82, 2.24) is 5.32 Å². The summed E-state index contributed by atoms with van der Waals surface area (Å²) in [7, 11) is 0. The van der Waals surface area contributed by atoms with Crippen LogP contribution in [0.2, 0.25) is 0 Å². The zero-order valence-corrected chi connectivity index (χ0v) is 12.1. The van der Waals surface area contributed by atoms with Crippen molar-refractivity contribution < 1.29 is 9.53 Å². The first-order valence-electron chi connectivity index (χ1n) is 7.27. The molecule has 1 amide bonds. The second-order valence-corrected chi connectivity index (χ2v) is 5.45. The number of carbonyl (C=O) groups excluding carboxylic acids is 1. The number of hydrogen-bond acceptors (Lipinski definition) is 2. The fourth-order valence-corrected chi connectivity index (χ4v) is 2.70. The molecule has 0 bridgehead atoms. The Bertz CT molecular complexity index is 651. The highest BCUT2D eigenvalue weighted by Gasteiger charge is 2.25. The predicted octanol–water partition coefficient (Wildman–Crippen LogP) is 3.18. The summed E-state index contributed by atoms with van der Waals surface area (Å²) in [6.45, 7) is 3.24. The molecular formula is C18H19NO2. The van der Waals surface area contributed by atoms with Gasteiger partial charge >= 0.3 is 0 Å². The summed E-state index contributed by atoms with van der Waals surface area (Å²) in [5.41, 5.74) is 3.50. The van der Waals surface area contributed by atoms with Gasteiger partial charge in [0, 0.05) is 24.4 Å². The van der Waals surface area contributed by atoms with Gasteiger partial charge in [0.1, 0.15) is 5.75 Å². The number of hydrogen-bond donors (Lipinski definition) is 1. The van der Waals surface area contributed by atoms with E-state index in [9.17, 15) is 4.79 Å². The molecule has 0 saturated carbocycles. The number of carbonyl (C=O) groups is 1. The third-order valence-electron chi connectivity index (χ3n) is 3.97. The molecule has 1 atom stereocenters. The smallest absolute Gasteiger partial charge is 0.221 e. The largest absolute Gasteiger partial charge is 0.493 e. The van der Waals surface area contributed by atoms with E-state index < -0.39 is 0 Å². The molecule has 1 aliphatic heterocycles. The Morgan fingerprint density at radius 2 is 1.95 bits per heavy atom. The summed E-state index contributed by atoms with van der Waals surface area (Å²) in [5.74, 6) is 1.15. The second kappa shape index (κ2) is 6.00. The molecule has 0 fully saturated rings. The Labute approximate surface area is 124 Å². The van der Waals surface area contributed by atoms with Gasteiger partial charge < -0.3 is 10.1 Å². The van der Waals surface area contributed by atoms with E-state index in [0.717, 1.165) is 16.9 Å². The molecule has 3 rings (SSSR count). The predicted molar refractivity (Wildman–Crippen MR) is 82.3 cm³/mol. The Morgan fingerprint density at radius 1 is 1.19 bits per heavy atom. The van der Waals surface area contributed by atoms with Gasteiger partial charge in [-0.2, -0.15) is 0 Å². The maximum Gasteiger partial charge on any atom is 0.221 e. The number of fused-ring (bicyclic) bond motifs is 1. The molecule has 3 heteroatoms. The van der Waals surface area contributed by atoms with E-state index in [-0.39, 0.29) is 11.8 Å². The third kappa shape index (κ3) is 3.07. The molecule has 1 unspecified atom stereocenters. The summed E-state index contributed by atoms with van der Waals surface area (Å²) in [6, 6.07) is 16.1. The van der Waals surface area contributed by atoms with Crippen LogP contribution in [0.4, 0.5) is 0 Å². The zero-order chi connectivity index (χ0) is 14.7. The number of para-hydroxylation sites is 1. The molecule has 1 heterocycles. The normalized spacial score (nSPS) is 16.1. The van der Waals surface area contributed by atoms with E-state index in [1.165, 1.54) is 5.56 Å². The molecular weight excluding hydrogens is 262 g/mol. The van der Waals surface area contributed by atoms with Crippen LogP contribution in [0.5, 0.6) is 5.75 Å². The fraction of sp³-hybridized carbons (Fsp3) is 0.278. The van der Waals surface area contributed by atoms with Crippen LogP contribution in [0, 0.1) is 6.92 Å². The zero-order valence-electron chi connectivity index (χ0n) is 12.1. The standard InChI is InChI=1S/C18H19NO2/c1-13-6-2-3-7-14(13)11-19-18(20)10-15-12-21-17-9-5-4-8-16(15)17/h2-9,15H,10-12H2,1H3,(H,19,20). The van der Waals surface area contributed by atoms with Crippen LogP contribution in [0.15, 0.2) is 48.5 Å². The van der Waals surface area contributed by atoms with E-state index in [2.05, 4.69) is 18.3 Å². The quantitative estimate of drug-likeness (QED) is 0.934. The summed E-state index contributed by atoms with van der Waals surface area (Å²) < 4.78 is 5.61. The molecule has 1 aliphatic rings. The van der Waals surface area contributed by atoms with Gasteiger partial charge in [0.2, 0.25) is 5.91 Å². The maximum absolute atomic E-state index is 12.1. The van der Waals surface area contributed by atoms with Gasteiger partial charge in [-0.15, -0.1) is 0 Å². The molecule has 0 spiro atoms. The summed E-state index contributed by atoms with van der Waals surface area (Å²) in [5, 5.41) is 3.00. The lowest BCUT2D eigenvalue weighted by molar-refractivity contribution is -0.121. The van der Waals surface area contributed by atoms with Crippen molar-refractivity contribution in [3.8, 4) is 5.75 Å². The number of rotatable bonds is 4. The molecule has 3 nitrogen and oxygen atoms in total. The van der Waals surface area contributed by atoms with Crippen LogP contribution in [0.25, 0.3) is 0 Å². The van der Waals surface area contributed by atoms with Crippen molar-refractivity contribution >= 4 is 5.91 Å². The molecule has 0 saturated heterocycles. The van der Waals surface area contributed by atoms with E-state index in [1.807, 2.05) is 42.5 Å². The lowest BCUT2D eigenvalue weighted by Crippen LogP contribution is -2.25. The van der Waals surface area contributed by atoms with Gasteiger partial charge in [-0.25, -0.2) is 0 Å². The van der Waals surface area contributed by atoms with Crippen molar-refractivity contribution in [2.45, 2.75) is 25.8 Å². The molecule has 0 radical (unpaired) electrons. The number of ether oxygens (including phenoxy) is 1. The second-order valence-electron chi connectivity index (χ2n) is 5.45. The van der Waals surface area contributed by atoms with Crippen LogP contribution in [-0.2, 0) is 11.3 Å². The molecule has 1 N–H and O–H groups in total. The van der Waals surface area contributed by atoms with Crippen LogP contribution in [-0.4, -0.2) is 12.5 Å². The third-order valence-corrected chi connectivity index (χ3v) is 3.97. The van der Waals surface area contributed by atoms with Crippen molar-refractivity contribution in [1.29, 1.82) is 0 Å². The minimum Gasteiger partial charge on any atom is -0.493 e. The molecule has 0 aromatic heterocycles. The minimum atomic E-state index is 0.0727. The van der Waals surface area contributed by atoms with Crippen molar-refractivity contribution in [2.24, 2.45) is 0 Å². The van der Waals surface area contributed by atoms with E-state index in [0.29, 0.717) is 19.6 Å². The minimum absolute atomic E-state index is 0.0727. The fourth-order valence-electron chi connectivity index (χ4n) is 2.70. The van der Waals surface area contributed by atoms with Crippen LogP contribution in [0.3, 0.4) is 0 Å². The Hall–Kier alpha value is -2.29. The van der Waals surface area contributed by atoms with Crippen molar-refractivity contribution in [3.05, 3.63) is 65.2 Å². The van der Waals surface area contributed by atoms with Crippen molar-refractivity contribution in [3.63, 3.8) is 0 Å². The maximum atomic E-state index is 12.1. The number of amides is 1. The van der Waals surface area contributed by atoms with E-state index >= 15 is 0 Å². The number of nitrogens with one attached hydrogen (secondary N) is 1. The Kier molecular flexibility index (Phi) is 3.91. The van der Waals surface area contributed by atoms with Gasteiger partial charge in [0.15, 0.2) is 0 Å².